The van der Waals surface area contributed by atoms with Crippen LogP contribution in [0.3, 0.4) is 0 Å². The van der Waals surface area contributed by atoms with E-state index in [0.717, 1.165) is 5.56 Å². The van der Waals surface area contributed by atoms with Crippen LogP contribution in [0.2, 0.25) is 0 Å². The fourth-order valence-corrected chi connectivity index (χ4v) is 3.37. The van der Waals surface area contributed by atoms with E-state index in [2.05, 4.69) is 10.6 Å². The van der Waals surface area contributed by atoms with Crippen molar-refractivity contribution in [3.05, 3.63) is 80.1 Å². The van der Waals surface area contributed by atoms with Crippen molar-refractivity contribution >= 4 is 23.0 Å². The monoisotopic (exact) mass is 408 g/mol. The molecule has 0 spiro atoms. The van der Waals surface area contributed by atoms with Gasteiger partial charge in [0.1, 0.15) is 30.2 Å². The van der Waals surface area contributed by atoms with Gasteiger partial charge in [-0.25, -0.2) is 0 Å². The van der Waals surface area contributed by atoms with Gasteiger partial charge >= 0.3 is 5.90 Å². The van der Waals surface area contributed by atoms with Crippen LogP contribution in [0.4, 0.5) is 17.1 Å². The van der Waals surface area contributed by atoms with E-state index in [0.29, 0.717) is 32.8 Å². The second kappa shape index (κ2) is 8.38. The minimum Gasteiger partial charge on any atom is -0.505 e. The van der Waals surface area contributed by atoms with Gasteiger partial charge in [-0.1, -0.05) is 36.4 Å². The zero-order valence-corrected chi connectivity index (χ0v) is 16.2. The number of phenolic OH excluding ortho intramolecular Hbond substituents is 1. The molecule has 3 aromatic rings. The Labute approximate surface area is 172 Å². The lowest BCUT2D eigenvalue weighted by Gasteiger charge is -2.17. The number of rotatable bonds is 6. The maximum atomic E-state index is 12.1. The van der Waals surface area contributed by atoms with Gasteiger partial charge in [0.15, 0.2) is 18.8 Å². The Balaban J connectivity index is 1.58. The molecular weight excluding hydrogens is 386 g/mol. The summed E-state index contributed by atoms with van der Waals surface area (Å²) in [6.45, 7) is 2.38. The van der Waals surface area contributed by atoms with Gasteiger partial charge in [0.25, 0.3) is 10.9 Å². The maximum absolute atomic E-state index is 12.1. The van der Waals surface area contributed by atoms with E-state index in [1.807, 2.05) is 30.3 Å². The van der Waals surface area contributed by atoms with Gasteiger partial charge in [0, 0.05) is 6.54 Å². The van der Waals surface area contributed by atoms with E-state index >= 15 is 0 Å². The molecule has 0 amide bonds. The van der Waals surface area contributed by atoms with E-state index < -0.39 is 10.9 Å². The molecule has 4 N–H and O–H groups in total. The number of para-hydroxylation sites is 1. The molecule has 3 aromatic carbocycles. The van der Waals surface area contributed by atoms with Crippen LogP contribution in [0.15, 0.2) is 58.1 Å². The van der Waals surface area contributed by atoms with Crippen LogP contribution in [0.1, 0.15) is 11.1 Å². The van der Waals surface area contributed by atoms with Crippen molar-refractivity contribution in [2.45, 2.75) is 6.54 Å². The summed E-state index contributed by atoms with van der Waals surface area (Å²) in [4.78, 5) is 24.1. The maximum Gasteiger partial charge on any atom is 0.371 e. The SMILES string of the molecule is O=c1c(NCc2ccccc2)c(Nc2cccc(C(O)=[N+]3CCOCC3)c2O)c1=O. The molecule has 0 saturated carbocycles. The Bertz CT molecular complexity index is 1160. The highest BCUT2D eigenvalue weighted by Gasteiger charge is 2.26. The fraction of sp³-hybridized carbons (Fsp3) is 0.227. The van der Waals surface area contributed by atoms with Crippen LogP contribution < -0.4 is 21.5 Å². The van der Waals surface area contributed by atoms with Gasteiger partial charge < -0.3 is 25.6 Å². The summed E-state index contributed by atoms with van der Waals surface area (Å²) in [6, 6.07) is 14.3. The molecule has 1 saturated heterocycles. The Morgan fingerprint density at radius 2 is 1.67 bits per heavy atom. The van der Waals surface area contributed by atoms with Gasteiger partial charge in [-0.3, -0.25) is 9.59 Å². The average Bonchev–Trinajstić information content (AvgIpc) is 2.80. The number of phenols is 1. The third-order valence-corrected chi connectivity index (χ3v) is 5.07. The average molecular weight is 408 g/mol. The van der Waals surface area contributed by atoms with Crippen molar-refractivity contribution in [2.24, 2.45) is 0 Å². The lowest BCUT2D eigenvalue weighted by Crippen LogP contribution is -2.36. The van der Waals surface area contributed by atoms with Crippen LogP contribution >= 0.6 is 0 Å². The topological polar surface area (TPSA) is 111 Å². The fourth-order valence-electron chi connectivity index (χ4n) is 3.37. The van der Waals surface area contributed by atoms with Gasteiger partial charge in [-0.2, -0.15) is 4.58 Å². The Kier molecular flexibility index (Phi) is 5.49. The van der Waals surface area contributed by atoms with E-state index in [9.17, 15) is 19.8 Å². The number of aromatic hydroxyl groups is 1. The molecule has 1 aliphatic heterocycles. The molecule has 1 heterocycles. The minimum absolute atomic E-state index is 0.0631. The first-order valence-electron chi connectivity index (χ1n) is 9.65. The standard InChI is InChI=1S/C22H21N3O5/c26-19-15(22(29)25-9-11-30-12-10-25)7-4-8-16(19)24-18-17(20(27)21(18)28)23-13-14-5-2-1-3-6-14/h1-8H,9-13H2,(H3,23,24,26,27,28,29)/p+1. The number of hydrogen-bond acceptors (Lipinski definition) is 6. The molecule has 154 valence electrons. The number of anilines is 3. The summed E-state index contributed by atoms with van der Waals surface area (Å²) < 4.78 is 6.99. The third-order valence-electron chi connectivity index (χ3n) is 5.07. The number of aliphatic hydroxyl groups is 1. The van der Waals surface area contributed by atoms with Crippen molar-refractivity contribution < 1.29 is 19.5 Å². The molecule has 4 rings (SSSR count). The molecule has 1 aliphatic rings. The third kappa shape index (κ3) is 3.77. The molecule has 0 bridgehead atoms. The second-order valence-electron chi connectivity index (χ2n) is 7.00. The van der Waals surface area contributed by atoms with Crippen LogP contribution in [-0.4, -0.2) is 47.0 Å². The molecule has 1 fully saturated rings. The normalized spacial score (nSPS) is 13.9. The molecule has 8 heteroatoms. The van der Waals surface area contributed by atoms with Gasteiger partial charge in [-0.15, -0.1) is 0 Å². The molecule has 0 radical (unpaired) electrons. The number of nitrogens with one attached hydrogen (secondary N) is 2. The van der Waals surface area contributed by atoms with Gasteiger partial charge in [-0.05, 0) is 17.7 Å². The molecule has 30 heavy (non-hydrogen) atoms. The van der Waals surface area contributed by atoms with Crippen LogP contribution in [0, 0.1) is 0 Å². The first-order valence-corrected chi connectivity index (χ1v) is 9.65. The predicted molar refractivity (Wildman–Crippen MR) is 114 cm³/mol. The predicted octanol–water partition coefficient (Wildman–Crippen LogP) is 1.69. The number of morpholine rings is 1. The summed E-state index contributed by atoms with van der Waals surface area (Å²) in [5.74, 6) is -0.268. The summed E-state index contributed by atoms with van der Waals surface area (Å²) in [7, 11) is 0. The Hall–Kier alpha value is -3.65. The highest BCUT2D eigenvalue weighted by atomic mass is 16.5. The highest BCUT2D eigenvalue weighted by Crippen LogP contribution is 2.31. The number of benzene rings is 2. The van der Waals surface area contributed by atoms with Crippen molar-refractivity contribution in [2.75, 3.05) is 36.9 Å². The van der Waals surface area contributed by atoms with E-state index in [4.69, 9.17) is 4.74 Å². The zero-order valence-electron chi connectivity index (χ0n) is 16.2. The summed E-state index contributed by atoms with van der Waals surface area (Å²) >= 11 is 0. The zero-order chi connectivity index (χ0) is 21.1. The summed E-state index contributed by atoms with van der Waals surface area (Å²) in [5, 5.41) is 27.1. The largest absolute Gasteiger partial charge is 0.505 e. The van der Waals surface area contributed by atoms with Gasteiger partial charge in [0.2, 0.25) is 0 Å². The van der Waals surface area contributed by atoms with Crippen molar-refractivity contribution in [1.82, 2.24) is 0 Å². The smallest absolute Gasteiger partial charge is 0.371 e. The quantitative estimate of drug-likeness (QED) is 0.213. The molecule has 0 unspecified atom stereocenters. The lowest BCUT2D eigenvalue weighted by atomic mass is 10.1. The van der Waals surface area contributed by atoms with Gasteiger partial charge in [0.05, 0.1) is 5.69 Å². The number of aliphatic hydroxyl groups excluding tert-OH is 1. The highest BCUT2D eigenvalue weighted by molar-refractivity contribution is 5.95. The minimum atomic E-state index is -0.656. The van der Waals surface area contributed by atoms with E-state index in [1.165, 1.54) is 0 Å². The van der Waals surface area contributed by atoms with Crippen molar-refractivity contribution in [1.29, 1.82) is 0 Å². The summed E-state index contributed by atoms with van der Waals surface area (Å²) in [5.41, 5.74) is 0.431. The van der Waals surface area contributed by atoms with Crippen LogP contribution in [0.5, 0.6) is 5.75 Å². The first-order chi connectivity index (χ1) is 14.6. The molecule has 8 nitrogen and oxygen atoms in total. The molecule has 0 atom stereocenters. The lowest BCUT2D eigenvalue weighted by molar-refractivity contribution is -0.555. The molecule has 0 aliphatic carbocycles. The van der Waals surface area contributed by atoms with E-state index in [-0.39, 0.29) is 34.3 Å². The van der Waals surface area contributed by atoms with Crippen LogP contribution in [-0.2, 0) is 11.3 Å². The van der Waals surface area contributed by atoms with Crippen LogP contribution in [0.25, 0.3) is 0 Å². The van der Waals surface area contributed by atoms with E-state index in [1.54, 1.807) is 22.8 Å². The number of ether oxygens (including phenoxy) is 1. The van der Waals surface area contributed by atoms with Crippen molar-refractivity contribution in [3.8, 4) is 5.75 Å². The molecular formula is C22H22N3O5+. The molecule has 0 aromatic heterocycles. The number of hydrogen-bond donors (Lipinski definition) is 4. The Morgan fingerprint density at radius 3 is 2.40 bits per heavy atom. The van der Waals surface area contributed by atoms with Crippen molar-refractivity contribution in [3.63, 3.8) is 0 Å². The second-order valence-corrected chi connectivity index (χ2v) is 7.00. The first kappa shape index (κ1) is 19.7. The Morgan fingerprint density at radius 1 is 0.967 bits per heavy atom. The number of nitrogens with zero attached hydrogens (tertiary/aromatic N) is 1. The summed E-state index contributed by atoms with van der Waals surface area (Å²) in [6.07, 6.45) is 0.